The van der Waals surface area contributed by atoms with Crippen molar-refractivity contribution in [2.75, 3.05) is 0 Å². The van der Waals surface area contributed by atoms with Crippen molar-refractivity contribution < 1.29 is 28.6 Å². The van der Waals surface area contributed by atoms with Crippen LogP contribution in [0, 0.1) is 31.8 Å². The van der Waals surface area contributed by atoms with Crippen LogP contribution in [0.3, 0.4) is 0 Å². The van der Waals surface area contributed by atoms with Crippen molar-refractivity contribution in [2.24, 2.45) is 5.92 Å². The maximum Gasteiger partial charge on any atom is 0.216 e. The summed E-state index contributed by atoms with van der Waals surface area (Å²) in [6.07, 6.45) is 7.49. The van der Waals surface area contributed by atoms with E-state index >= 15 is 0 Å². The van der Waals surface area contributed by atoms with Gasteiger partial charge in [-0.3, -0.25) is 4.98 Å². The summed E-state index contributed by atoms with van der Waals surface area (Å²) >= 11 is 0. The van der Waals surface area contributed by atoms with Gasteiger partial charge in [0, 0.05) is 52.7 Å². The molecule has 315 valence electrons. The van der Waals surface area contributed by atoms with E-state index in [4.69, 9.17) is 18.5 Å². The summed E-state index contributed by atoms with van der Waals surface area (Å²) in [6.45, 7) is 11.5. The van der Waals surface area contributed by atoms with Crippen molar-refractivity contribution in [2.45, 2.75) is 85.3 Å². The van der Waals surface area contributed by atoms with Crippen molar-refractivity contribution >= 4 is 46.4 Å². The van der Waals surface area contributed by atoms with Crippen molar-refractivity contribution in [3.63, 3.8) is 0 Å². The molecule has 1 radical (unpaired) electrons. The van der Waals surface area contributed by atoms with Gasteiger partial charge in [-0.2, -0.15) is 0 Å². The fourth-order valence-corrected chi connectivity index (χ4v) is 10.6. The second-order valence-electron chi connectivity index (χ2n) is 17.9. The van der Waals surface area contributed by atoms with Crippen LogP contribution < -0.4 is 5.19 Å². The molecule has 9 aromatic rings. The zero-order valence-electron chi connectivity index (χ0n) is 39.3. The van der Waals surface area contributed by atoms with E-state index in [1.807, 2.05) is 73.7 Å². The fraction of sp³-hybridized carbons (Fsp3) is 0.255. The Balaban J connectivity index is 0.000000180. The molecule has 62 heavy (non-hydrogen) atoms. The number of imidazole rings is 1. The maximum absolute atomic E-state index is 8.13. The molecule has 7 heteroatoms. The molecule has 1 fully saturated rings. The Kier molecular flexibility index (Phi) is 11.5. The first-order chi connectivity index (χ1) is 30.7. The summed E-state index contributed by atoms with van der Waals surface area (Å²) in [5, 5.41) is 3.55. The third-order valence-electron chi connectivity index (χ3n) is 11.9. The molecular formula is C55H54IrN4OSi-2. The van der Waals surface area contributed by atoms with Crippen LogP contribution in [0.2, 0.25) is 19.6 Å². The van der Waals surface area contributed by atoms with Gasteiger partial charge in [0.15, 0.2) is 0 Å². The smallest absolute Gasteiger partial charge is 0.216 e. The molecule has 0 spiro atoms. The standard InChI is InChI=1S/C31H27N2.C24H27N2OSi.Ir/c1-22-19-20-25(21-27(22)24-13-5-6-14-24)31-32-28-16-8-10-18-30(28)33(31)29-17-9-7-15-26(29)23-11-3-2-4-12-23;1-15(2)12-17-13-21(25-14-22(17)28(4,5)6)20-9-7-8-18-19-11-10-16(3)26-24(19)27-23(18)20;/h2-4,7-12,15-19,21,24H,5-6,13-14H2,1H3;7-8,10-11,13-15H,12H2,1-6H3;/q2*-1;/i1D3;;. The van der Waals surface area contributed by atoms with Gasteiger partial charge < -0.3 is 14.0 Å². The number of aryl methyl sites for hydroxylation is 2. The molecule has 4 aromatic heterocycles. The van der Waals surface area contributed by atoms with Crippen LogP contribution in [0.25, 0.3) is 72.6 Å². The normalized spacial score (nSPS) is 14.1. The summed E-state index contributed by atoms with van der Waals surface area (Å²) < 4.78 is 32.8. The number of benzene rings is 5. The number of aromatic nitrogens is 4. The Morgan fingerprint density at radius 1 is 0.855 bits per heavy atom. The van der Waals surface area contributed by atoms with Gasteiger partial charge in [0.1, 0.15) is 0 Å². The first kappa shape index (κ1) is 39.4. The molecule has 1 saturated carbocycles. The molecule has 0 N–H and O–H groups in total. The van der Waals surface area contributed by atoms with Crippen LogP contribution in [0.15, 0.2) is 132 Å². The van der Waals surface area contributed by atoms with Gasteiger partial charge in [0.05, 0.1) is 30.5 Å². The first-order valence-corrected chi connectivity index (χ1v) is 25.1. The number of furan rings is 1. The number of pyridine rings is 2. The molecule has 0 atom stereocenters. The molecule has 1 aliphatic carbocycles. The first-order valence-electron chi connectivity index (χ1n) is 23.1. The SMILES string of the molecule is Cc1ccc2c(n1)oc1c(-c3cc(CC(C)C)c([Si](C)(C)C)cn3)[c-]ccc12.[2H]C([2H])([2H])c1c[c-]c(-c2nc3ccccc3n2-c2ccccc2-c2ccccc2)cc1C1CCCC1.[Ir]. The largest absolute Gasteiger partial charge is 0.486 e. The molecule has 0 amide bonds. The molecular weight excluding hydrogens is 953 g/mol. The van der Waals surface area contributed by atoms with E-state index < -0.39 is 14.9 Å². The van der Waals surface area contributed by atoms with Crippen molar-refractivity contribution in [1.29, 1.82) is 0 Å². The summed E-state index contributed by atoms with van der Waals surface area (Å²) in [5.41, 5.74) is 13.0. The van der Waals surface area contributed by atoms with Gasteiger partial charge in [0.25, 0.3) is 0 Å². The number of hydrogen-bond acceptors (Lipinski definition) is 4. The summed E-state index contributed by atoms with van der Waals surface area (Å²) in [4.78, 5) is 14.4. The average Bonchev–Trinajstić information content (AvgIpc) is 4.04. The van der Waals surface area contributed by atoms with Gasteiger partial charge in [-0.15, -0.1) is 53.1 Å². The fourth-order valence-electron chi connectivity index (χ4n) is 9.02. The van der Waals surface area contributed by atoms with E-state index in [-0.39, 0.29) is 26.0 Å². The number of fused-ring (bicyclic) bond motifs is 4. The monoisotopic (exact) mass is 1010 g/mol. The maximum atomic E-state index is 8.13. The van der Waals surface area contributed by atoms with Crippen LogP contribution in [0.1, 0.15) is 71.9 Å². The molecule has 10 rings (SSSR count). The van der Waals surface area contributed by atoms with Crippen molar-refractivity contribution in [3.05, 3.63) is 162 Å². The number of nitrogens with zero attached hydrogens (tertiary/aromatic N) is 4. The Hall–Kier alpha value is -5.46. The van der Waals surface area contributed by atoms with E-state index in [0.29, 0.717) is 17.2 Å². The minimum atomic E-state index is -2.16. The molecule has 5 nitrogen and oxygen atoms in total. The molecule has 5 aromatic carbocycles. The van der Waals surface area contributed by atoms with Crippen LogP contribution in [0.5, 0.6) is 0 Å². The van der Waals surface area contributed by atoms with E-state index in [1.54, 1.807) is 6.07 Å². The Morgan fingerprint density at radius 3 is 2.39 bits per heavy atom. The second kappa shape index (κ2) is 18.1. The summed E-state index contributed by atoms with van der Waals surface area (Å²) in [5.74, 6) is 1.64. The molecule has 0 saturated heterocycles. The molecule has 0 bridgehead atoms. The minimum Gasteiger partial charge on any atom is -0.486 e. The van der Waals surface area contributed by atoms with Gasteiger partial charge in [-0.25, -0.2) is 4.98 Å². The molecule has 0 unspecified atom stereocenters. The van der Waals surface area contributed by atoms with Crippen molar-refractivity contribution in [3.8, 4) is 39.5 Å². The Bertz CT molecular complexity index is 3130. The van der Waals surface area contributed by atoms with E-state index in [0.717, 1.165) is 110 Å². The second-order valence-corrected chi connectivity index (χ2v) is 23.0. The third-order valence-corrected chi connectivity index (χ3v) is 14.0. The summed E-state index contributed by atoms with van der Waals surface area (Å²) in [7, 11) is -1.46. The van der Waals surface area contributed by atoms with Crippen LogP contribution in [-0.4, -0.2) is 27.6 Å². The number of hydrogen-bond donors (Lipinski definition) is 0. The van der Waals surface area contributed by atoms with E-state index in [2.05, 4.69) is 110 Å². The van der Waals surface area contributed by atoms with Crippen LogP contribution >= 0.6 is 0 Å². The van der Waals surface area contributed by atoms with Gasteiger partial charge in [-0.05, 0) is 84.8 Å². The van der Waals surface area contributed by atoms with E-state index in [1.165, 1.54) is 10.8 Å². The number of rotatable bonds is 8. The van der Waals surface area contributed by atoms with E-state index in [9.17, 15) is 0 Å². The molecule has 1 aliphatic rings. The average molecular weight is 1010 g/mol. The topological polar surface area (TPSA) is 56.7 Å². The quantitative estimate of drug-likeness (QED) is 0.112. The summed E-state index contributed by atoms with van der Waals surface area (Å²) in [6, 6.07) is 47.6. The predicted molar refractivity (Wildman–Crippen MR) is 257 cm³/mol. The van der Waals surface area contributed by atoms with Gasteiger partial charge >= 0.3 is 0 Å². The predicted octanol–water partition coefficient (Wildman–Crippen LogP) is 14.0. The zero-order chi connectivity index (χ0) is 44.8. The third kappa shape index (κ3) is 8.64. The van der Waals surface area contributed by atoms with Gasteiger partial charge in [-0.1, -0.05) is 136 Å². The Morgan fingerprint density at radius 2 is 1.61 bits per heavy atom. The number of para-hydroxylation sites is 3. The van der Waals surface area contributed by atoms with Gasteiger partial charge in [0.2, 0.25) is 5.71 Å². The minimum absolute atomic E-state index is 0. The molecule has 0 aliphatic heterocycles. The van der Waals surface area contributed by atoms with Crippen LogP contribution in [-0.2, 0) is 26.5 Å². The van der Waals surface area contributed by atoms with Crippen molar-refractivity contribution in [1.82, 2.24) is 19.5 Å². The molecule has 4 heterocycles. The Labute approximate surface area is 385 Å². The van der Waals surface area contributed by atoms with Crippen LogP contribution in [0.4, 0.5) is 0 Å². The zero-order valence-corrected chi connectivity index (χ0v) is 39.7.